The van der Waals surface area contributed by atoms with Crippen LogP contribution in [-0.2, 0) is 0 Å². The fourth-order valence-corrected chi connectivity index (χ4v) is 0.913. The zero-order valence-corrected chi connectivity index (χ0v) is 7.17. The molecule has 0 fully saturated rings. The van der Waals surface area contributed by atoms with Crippen molar-refractivity contribution in [2.24, 2.45) is 0 Å². The van der Waals surface area contributed by atoms with Crippen LogP contribution in [0.5, 0.6) is 0 Å². The lowest BCUT2D eigenvalue weighted by atomic mass is 10.4. The lowest BCUT2D eigenvalue weighted by Gasteiger charge is -2.06. The maximum atomic E-state index is 11.1. The Morgan fingerprint density at radius 1 is 1.64 bits per heavy atom. The van der Waals surface area contributed by atoms with Gasteiger partial charge in [-0.2, -0.15) is 0 Å². The Bertz CT molecular complexity index is 306. The van der Waals surface area contributed by atoms with Gasteiger partial charge in [-0.1, -0.05) is 11.6 Å². The Balaban J connectivity index is 3.21. The molecule has 60 valence electrons. The Morgan fingerprint density at radius 3 is 2.73 bits per heavy atom. The van der Waals surface area contributed by atoms with E-state index in [1.807, 2.05) is 13.8 Å². The molecule has 11 heavy (non-hydrogen) atoms. The first-order chi connectivity index (χ1) is 5.11. The van der Waals surface area contributed by atoms with E-state index >= 15 is 0 Å². The Kier molecular flexibility index (Phi) is 2.29. The topological polar surface area (TPSA) is 34.9 Å². The normalized spacial score (nSPS) is 10.5. The minimum Gasteiger partial charge on any atom is -0.297 e. The number of hydrogen-bond donors (Lipinski definition) is 0. The van der Waals surface area contributed by atoms with Crippen molar-refractivity contribution < 1.29 is 0 Å². The van der Waals surface area contributed by atoms with Crippen molar-refractivity contribution in [3.8, 4) is 0 Å². The largest absolute Gasteiger partial charge is 0.297 e. The summed E-state index contributed by atoms with van der Waals surface area (Å²) in [5.41, 5.74) is -0.111. The van der Waals surface area contributed by atoms with Gasteiger partial charge in [0, 0.05) is 12.1 Å². The van der Waals surface area contributed by atoms with Crippen LogP contribution < -0.4 is 5.56 Å². The summed E-state index contributed by atoms with van der Waals surface area (Å²) in [6.07, 6.45) is 1.45. The van der Waals surface area contributed by atoms with Crippen molar-refractivity contribution in [1.29, 1.82) is 0 Å². The molecular formula is C7H9ClN2O. The molecule has 0 unspecified atom stereocenters. The van der Waals surface area contributed by atoms with Gasteiger partial charge < -0.3 is 0 Å². The third-order valence-electron chi connectivity index (χ3n) is 1.36. The van der Waals surface area contributed by atoms with E-state index in [1.54, 1.807) is 0 Å². The second-order valence-corrected chi connectivity index (χ2v) is 2.94. The maximum absolute atomic E-state index is 11.1. The molecule has 0 radical (unpaired) electrons. The fraction of sp³-hybridized carbons (Fsp3) is 0.429. The first-order valence-corrected chi connectivity index (χ1v) is 3.72. The minimum atomic E-state index is -0.111. The highest BCUT2D eigenvalue weighted by Gasteiger charge is 2.00. The van der Waals surface area contributed by atoms with E-state index in [2.05, 4.69) is 4.98 Å². The predicted molar refractivity (Wildman–Crippen MR) is 43.9 cm³/mol. The van der Waals surface area contributed by atoms with Gasteiger partial charge >= 0.3 is 0 Å². The molecule has 0 aromatic carbocycles. The molecule has 1 aromatic rings. The van der Waals surface area contributed by atoms with E-state index in [0.29, 0.717) is 0 Å². The van der Waals surface area contributed by atoms with E-state index in [-0.39, 0.29) is 16.8 Å². The van der Waals surface area contributed by atoms with Gasteiger partial charge in [0.1, 0.15) is 5.15 Å². The second kappa shape index (κ2) is 3.05. The Labute approximate surface area is 69.6 Å². The summed E-state index contributed by atoms with van der Waals surface area (Å²) in [7, 11) is 0. The van der Waals surface area contributed by atoms with Gasteiger partial charge in [-0.3, -0.25) is 9.36 Å². The van der Waals surface area contributed by atoms with Crippen molar-refractivity contribution in [2.75, 3.05) is 0 Å². The molecule has 4 heteroatoms. The predicted octanol–water partition coefficient (Wildman–Crippen LogP) is 1.48. The number of nitrogens with zero attached hydrogens (tertiary/aromatic N) is 2. The van der Waals surface area contributed by atoms with Crippen molar-refractivity contribution in [1.82, 2.24) is 9.55 Å². The average Bonchev–Trinajstić information content (AvgIpc) is 1.85. The summed E-state index contributed by atoms with van der Waals surface area (Å²) in [4.78, 5) is 14.9. The van der Waals surface area contributed by atoms with Crippen LogP contribution in [0.1, 0.15) is 19.9 Å². The minimum absolute atomic E-state index is 0.111. The van der Waals surface area contributed by atoms with Crippen molar-refractivity contribution in [3.05, 3.63) is 27.9 Å². The Morgan fingerprint density at radius 2 is 2.27 bits per heavy atom. The molecule has 0 saturated heterocycles. The van der Waals surface area contributed by atoms with Crippen LogP contribution >= 0.6 is 11.6 Å². The van der Waals surface area contributed by atoms with Crippen LogP contribution in [0.3, 0.4) is 0 Å². The van der Waals surface area contributed by atoms with Gasteiger partial charge in [0.15, 0.2) is 0 Å². The summed E-state index contributed by atoms with van der Waals surface area (Å²) >= 11 is 5.50. The number of halogens is 1. The molecule has 0 spiro atoms. The van der Waals surface area contributed by atoms with Crippen molar-refractivity contribution >= 4 is 11.6 Å². The third kappa shape index (κ3) is 1.80. The standard InChI is InChI=1S/C7H9ClN2O/c1-5(2)10-4-9-6(8)3-7(10)11/h3-5H,1-2H3. The number of hydrogen-bond acceptors (Lipinski definition) is 2. The quantitative estimate of drug-likeness (QED) is 0.602. The van der Waals surface area contributed by atoms with Crippen LogP contribution in [0.15, 0.2) is 17.2 Å². The molecule has 0 amide bonds. The summed E-state index contributed by atoms with van der Waals surface area (Å²) in [5.74, 6) is 0. The first-order valence-electron chi connectivity index (χ1n) is 3.35. The first kappa shape index (κ1) is 8.27. The molecule has 1 heterocycles. The third-order valence-corrected chi connectivity index (χ3v) is 1.57. The molecule has 0 saturated carbocycles. The van der Waals surface area contributed by atoms with Crippen LogP contribution in [-0.4, -0.2) is 9.55 Å². The molecule has 0 bridgehead atoms. The average molecular weight is 173 g/mol. The lowest BCUT2D eigenvalue weighted by molar-refractivity contribution is 0.567. The zero-order valence-electron chi connectivity index (χ0n) is 6.41. The van der Waals surface area contributed by atoms with Gasteiger partial charge in [0.05, 0.1) is 6.33 Å². The highest BCUT2D eigenvalue weighted by Crippen LogP contribution is 2.01. The molecule has 0 atom stereocenters. The summed E-state index contributed by atoms with van der Waals surface area (Å²) in [6, 6.07) is 1.44. The van der Waals surface area contributed by atoms with Crippen LogP contribution in [0.2, 0.25) is 5.15 Å². The van der Waals surface area contributed by atoms with Gasteiger partial charge in [0.2, 0.25) is 0 Å². The van der Waals surface area contributed by atoms with E-state index in [0.717, 1.165) is 0 Å². The molecule has 0 aliphatic heterocycles. The second-order valence-electron chi connectivity index (χ2n) is 2.55. The Hall–Kier alpha value is -0.830. The van der Waals surface area contributed by atoms with Gasteiger partial charge in [-0.05, 0) is 13.8 Å². The molecule has 3 nitrogen and oxygen atoms in total. The highest BCUT2D eigenvalue weighted by molar-refractivity contribution is 6.29. The van der Waals surface area contributed by atoms with E-state index in [1.165, 1.54) is 17.0 Å². The van der Waals surface area contributed by atoms with Gasteiger partial charge in [0.25, 0.3) is 5.56 Å². The fourth-order valence-electron chi connectivity index (χ4n) is 0.776. The van der Waals surface area contributed by atoms with E-state index in [9.17, 15) is 4.79 Å². The SMILES string of the molecule is CC(C)n1cnc(Cl)cc1=O. The van der Waals surface area contributed by atoms with E-state index in [4.69, 9.17) is 11.6 Å². The molecule has 0 aliphatic rings. The monoisotopic (exact) mass is 172 g/mol. The molecule has 1 aromatic heterocycles. The van der Waals surface area contributed by atoms with Crippen molar-refractivity contribution in [3.63, 3.8) is 0 Å². The highest BCUT2D eigenvalue weighted by atomic mass is 35.5. The van der Waals surface area contributed by atoms with Crippen LogP contribution in [0, 0.1) is 0 Å². The number of rotatable bonds is 1. The smallest absolute Gasteiger partial charge is 0.255 e. The maximum Gasteiger partial charge on any atom is 0.255 e. The van der Waals surface area contributed by atoms with Crippen LogP contribution in [0.25, 0.3) is 0 Å². The molecular weight excluding hydrogens is 164 g/mol. The molecule has 0 N–H and O–H groups in total. The molecule has 0 aliphatic carbocycles. The summed E-state index contributed by atoms with van der Waals surface area (Å²) in [5, 5.41) is 0.243. The lowest BCUT2D eigenvalue weighted by Crippen LogP contribution is -2.20. The zero-order chi connectivity index (χ0) is 8.43. The van der Waals surface area contributed by atoms with Crippen LogP contribution in [0.4, 0.5) is 0 Å². The van der Waals surface area contributed by atoms with Gasteiger partial charge in [-0.15, -0.1) is 0 Å². The van der Waals surface area contributed by atoms with Gasteiger partial charge in [-0.25, -0.2) is 4.98 Å². The summed E-state index contributed by atoms with van der Waals surface area (Å²) in [6.45, 7) is 3.83. The number of aromatic nitrogens is 2. The summed E-state index contributed by atoms with van der Waals surface area (Å²) < 4.78 is 1.52. The van der Waals surface area contributed by atoms with E-state index < -0.39 is 0 Å². The van der Waals surface area contributed by atoms with Crippen molar-refractivity contribution in [2.45, 2.75) is 19.9 Å². The molecule has 1 rings (SSSR count).